The first kappa shape index (κ1) is 71.8. The van der Waals surface area contributed by atoms with E-state index in [9.17, 15) is 14.4 Å². The molecule has 0 heterocycles. The van der Waals surface area contributed by atoms with Crippen molar-refractivity contribution in [1.29, 1.82) is 0 Å². The molecule has 76 heavy (non-hydrogen) atoms. The standard InChI is InChI=1S/C70H116O6/c1-4-7-10-13-16-19-22-24-26-27-28-29-30-31-32-33-34-35-36-37-38-39-40-41-42-43-44-46-48-51-54-57-60-63-69(72)75-66-67(65-74-68(71)62-59-56-53-50-47-21-18-15-12-9-6-3)76-70(73)64-61-58-55-52-49-45-25-23-20-17-14-11-8-5-2/h7,10,16,19,23-26,28-29,31-32,34-35,37-38,40-41,43-44,67H,4-6,8-9,11-15,17-18,20-22,27,30,33,36,39,42,45-66H2,1-3H3/b10-7-,19-16-,25-23-,26-24-,29-28-,32-31-,35-34-,38-37-,41-40-,44-43-. The monoisotopic (exact) mass is 1050 g/mol. The molecule has 0 bridgehead atoms. The molecule has 0 aliphatic rings. The minimum Gasteiger partial charge on any atom is -0.462 e. The number of ether oxygens (including phenoxy) is 3. The highest BCUT2D eigenvalue weighted by Crippen LogP contribution is 2.15. The molecule has 0 amide bonds. The quantitative estimate of drug-likeness (QED) is 0.0261. The second-order valence-electron chi connectivity index (χ2n) is 20.6. The Morgan fingerprint density at radius 2 is 0.513 bits per heavy atom. The lowest BCUT2D eigenvalue weighted by molar-refractivity contribution is -0.167. The highest BCUT2D eigenvalue weighted by atomic mass is 16.6. The lowest BCUT2D eigenvalue weighted by Crippen LogP contribution is -2.30. The maximum Gasteiger partial charge on any atom is 0.306 e. The minimum absolute atomic E-state index is 0.0868. The summed E-state index contributed by atoms with van der Waals surface area (Å²) < 4.78 is 16.8. The molecule has 0 N–H and O–H groups in total. The number of carbonyl (C=O) groups is 3. The van der Waals surface area contributed by atoms with Crippen molar-refractivity contribution < 1.29 is 28.6 Å². The summed E-state index contributed by atoms with van der Waals surface area (Å²) in [6, 6.07) is 0. The third-order valence-corrected chi connectivity index (χ3v) is 13.2. The van der Waals surface area contributed by atoms with Crippen LogP contribution < -0.4 is 0 Å². The molecule has 0 spiro atoms. The second kappa shape index (κ2) is 63.3. The Hall–Kier alpha value is -4.19. The van der Waals surface area contributed by atoms with Gasteiger partial charge in [-0.25, -0.2) is 0 Å². The van der Waals surface area contributed by atoms with E-state index in [0.29, 0.717) is 19.3 Å². The summed E-state index contributed by atoms with van der Waals surface area (Å²) in [7, 11) is 0. The first-order chi connectivity index (χ1) is 37.5. The molecule has 0 aromatic heterocycles. The molecule has 0 radical (unpaired) electrons. The lowest BCUT2D eigenvalue weighted by atomic mass is 10.1. The molecule has 0 saturated heterocycles. The van der Waals surface area contributed by atoms with Crippen molar-refractivity contribution in [1.82, 2.24) is 0 Å². The summed E-state index contributed by atoms with van der Waals surface area (Å²) in [4.78, 5) is 38.1. The average molecular weight is 1050 g/mol. The third-order valence-electron chi connectivity index (χ3n) is 13.2. The van der Waals surface area contributed by atoms with E-state index in [2.05, 4.69) is 142 Å². The van der Waals surface area contributed by atoms with Crippen LogP contribution in [0.15, 0.2) is 122 Å². The molecular formula is C70H116O6. The van der Waals surface area contributed by atoms with Crippen LogP contribution in [0, 0.1) is 0 Å². The van der Waals surface area contributed by atoms with Crippen LogP contribution in [0.4, 0.5) is 0 Å². The van der Waals surface area contributed by atoms with Crippen molar-refractivity contribution in [3.8, 4) is 0 Å². The van der Waals surface area contributed by atoms with E-state index in [1.165, 1.54) is 96.3 Å². The Bertz CT molecular complexity index is 1590. The largest absolute Gasteiger partial charge is 0.462 e. The van der Waals surface area contributed by atoms with Crippen LogP contribution in [0.5, 0.6) is 0 Å². The number of rotatable bonds is 56. The first-order valence-corrected chi connectivity index (χ1v) is 31.5. The fourth-order valence-corrected chi connectivity index (χ4v) is 8.49. The Morgan fingerprint density at radius 1 is 0.276 bits per heavy atom. The van der Waals surface area contributed by atoms with Crippen LogP contribution >= 0.6 is 0 Å². The summed E-state index contributed by atoms with van der Waals surface area (Å²) in [5.74, 6) is -0.913. The second-order valence-corrected chi connectivity index (χ2v) is 20.6. The smallest absolute Gasteiger partial charge is 0.306 e. The molecule has 432 valence electrons. The molecule has 1 atom stereocenters. The zero-order chi connectivity index (χ0) is 55.0. The molecule has 1 unspecified atom stereocenters. The molecule has 0 aliphatic carbocycles. The molecule has 0 aromatic rings. The predicted molar refractivity (Wildman–Crippen MR) is 330 cm³/mol. The van der Waals surface area contributed by atoms with Crippen molar-refractivity contribution >= 4 is 17.9 Å². The van der Waals surface area contributed by atoms with Gasteiger partial charge in [0.1, 0.15) is 13.2 Å². The minimum atomic E-state index is -0.791. The maximum atomic E-state index is 12.8. The summed E-state index contributed by atoms with van der Waals surface area (Å²) in [5, 5.41) is 0. The van der Waals surface area contributed by atoms with E-state index in [1.54, 1.807) is 0 Å². The van der Waals surface area contributed by atoms with Gasteiger partial charge in [-0.3, -0.25) is 14.4 Å². The fraction of sp³-hybridized carbons (Fsp3) is 0.671. The maximum absolute atomic E-state index is 12.8. The normalized spacial score (nSPS) is 12.9. The van der Waals surface area contributed by atoms with Gasteiger partial charge in [-0.1, -0.05) is 271 Å². The van der Waals surface area contributed by atoms with Crippen LogP contribution in [0.25, 0.3) is 0 Å². The lowest BCUT2D eigenvalue weighted by Gasteiger charge is -2.18. The van der Waals surface area contributed by atoms with Crippen LogP contribution in [-0.4, -0.2) is 37.2 Å². The summed E-state index contributed by atoms with van der Waals surface area (Å²) in [6.07, 6.45) is 87.8. The highest BCUT2D eigenvalue weighted by Gasteiger charge is 2.19. The zero-order valence-corrected chi connectivity index (χ0v) is 49.5. The van der Waals surface area contributed by atoms with Crippen molar-refractivity contribution in [2.24, 2.45) is 0 Å². The molecular weight excluding hydrogens is 937 g/mol. The van der Waals surface area contributed by atoms with Crippen molar-refractivity contribution in [2.45, 2.75) is 290 Å². The molecule has 0 fully saturated rings. The topological polar surface area (TPSA) is 78.9 Å². The van der Waals surface area contributed by atoms with Crippen LogP contribution in [0.1, 0.15) is 284 Å². The van der Waals surface area contributed by atoms with Gasteiger partial charge in [0, 0.05) is 19.3 Å². The molecule has 6 nitrogen and oxygen atoms in total. The Morgan fingerprint density at radius 3 is 0.816 bits per heavy atom. The van der Waals surface area contributed by atoms with E-state index in [1.807, 2.05) is 0 Å². The van der Waals surface area contributed by atoms with Gasteiger partial charge in [-0.2, -0.15) is 0 Å². The zero-order valence-electron chi connectivity index (χ0n) is 49.5. The van der Waals surface area contributed by atoms with Gasteiger partial charge in [0.25, 0.3) is 0 Å². The summed E-state index contributed by atoms with van der Waals surface area (Å²) in [6.45, 7) is 6.49. The van der Waals surface area contributed by atoms with E-state index in [4.69, 9.17) is 14.2 Å². The number of hydrogen-bond donors (Lipinski definition) is 0. The van der Waals surface area contributed by atoms with Crippen molar-refractivity contribution in [3.63, 3.8) is 0 Å². The fourth-order valence-electron chi connectivity index (χ4n) is 8.49. The highest BCUT2D eigenvalue weighted by molar-refractivity contribution is 5.71. The Balaban J connectivity index is 4.27. The third kappa shape index (κ3) is 60.7. The summed E-state index contributed by atoms with van der Waals surface area (Å²) in [5.41, 5.74) is 0. The van der Waals surface area contributed by atoms with Crippen LogP contribution in [0.3, 0.4) is 0 Å². The van der Waals surface area contributed by atoms with Gasteiger partial charge in [0.15, 0.2) is 6.10 Å². The van der Waals surface area contributed by atoms with Crippen LogP contribution in [0.2, 0.25) is 0 Å². The molecule has 0 aromatic carbocycles. The molecule has 0 rings (SSSR count). The van der Waals surface area contributed by atoms with Crippen molar-refractivity contribution in [3.05, 3.63) is 122 Å². The van der Waals surface area contributed by atoms with Crippen molar-refractivity contribution in [2.75, 3.05) is 13.2 Å². The van der Waals surface area contributed by atoms with Gasteiger partial charge < -0.3 is 14.2 Å². The van der Waals surface area contributed by atoms with E-state index in [-0.39, 0.29) is 31.1 Å². The number of allylic oxidation sites excluding steroid dienone is 20. The van der Waals surface area contributed by atoms with Gasteiger partial charge in [-0.05, 0) is 116 Å². The van der Waals surface area contributed by atoms with Gasteiger partial charge in [0.05, 0.1) is 0 Å². The molecule has 0 aliphatic heterocycles. The van der Waals surface area contributed by atoms with E-state index >= 15 is 0 Å². The number of hydrogen-bond acceptors (Lipinski definition) is 6. The van der Waals surface area contributed by atoms with Crippen LogP contribution in [-0.2, 0) is 28.6 Å². The Labute approximate surface area is 469 Å². The predicted octanol–water partition coefficient (Wildman–Crippen LogP) is 21.6. The number of unbranched alkanes of at least 4 members (excludes halogenated alkanes) is 25. The SMILES string of the molecule is CC/C=C\C/C=C\C/C=C\C/C=C\C/C=C\C/C=C\C/C=C\C/C=C\C/C=C\CCCCCCCC(=O)OCC(COC(=O)CCCCCCCCCCCCC)OC(=O)CCCCCCC/C=C\CCCCCCC. The average Bonchev–Trinajstić information content (AvgIpc) is 3.42. The Kier molecular flexibility index (Phi) is 59.9. The molecule has 0 saturated carbocycles. The number of esters is 3. The van der Waals surface area contributed by atoms with Gasteiger partial charge in [-0.15, -0.1) is 0 Å². The number of carbonyl (C=O) groups excluding carboxylic acids is 3. The van der Waals surface area contributed by atoms with Gasteiger partial charge >= 0.3 is 17.9 Å². The molecule has 6 heteroatoms. The van der Waals surface area contributed by atoms with Gasteiger partial charge in [0.2, 0.25) is 0 Å². The van der Waals surface area contributed by atoms with E-state index in [0.717, 1.165) is 148 Å². The first-order valence-electron chi connectivity index (χ1n) is 31.5. The van der Waals surface area contributed by atoms with E-state index < -0.39 is 6.10 Å². The summed E-state index contributed by atoms with van der Waals surface area (Å²) >= 11 is 0.